The Hall–Kier alpha value is -6.31. The Kier molecular flexibility index (Phi) is 21.2. The van der Waals surface area contributed by atoms with Crippen LogP contribution >= 0.6 is 58.0 Å². The van der Waals surface area contributed by atoms with E-state index in [0.717, 1.165) is 30.2 Å². The third kappa shape index (κ3) is 14.3. The van der Waals surface area contributed by atoms with Crippen LogP contribution in [-0.4, -0.2) is 174 Å². The molecular formula is C51H61Cl5N12O6. The lowest BCUT2D eigenvalue weighted by molar-refractivity contribution is -0.132. The van der Waals surface area contributed by atoms with Gasteiger partial charge >= 0.3 is 0 Å². The molecule has 0 saturated carbocycles. The zero-order chi connectivity index (χ0) is 53.1. The molecule has 0 bridgehead atoms. The Morgan fingerprint density at radius 1 is 0.622 bits per heavy atom. The minimum Gasteiger partial charge on any atom is -0.495 e. The molecule has 2 saturated heterocycles. The van der Waals surface area contributed by atoms with Gasteiger partial charge < -0.3 is 38.9 Å². The number of aromatic amines is 1. The Bertz CT molecular complexity index is 2920. The number of methoxy groups -OCH3 is 2. The molecule has 6 aromatic rings. The molecule has 1 N–H and O–H groups in total. The van der Waals surface area contributed by atoms with Crippen LogP contribution in [0.1, 0.15) is 39.8 Å². The minimum atomic E-state index is -0.213. The second kappa shape index (κ2) is 26.8. The molecule has 2 aliphatic heterocycles. The molecule has 2 fully saturated rings. The van der Waals surface area contributed by atoms with E-state index in [2.05, 4.69) is 35.1 Å². The fourth-order valence-electron chi connectivity index (χ4n) is 7.69. The lowest BCUT2D eigenvalue weighted by Gasteiger charge is -2.36. The van der Waals surface area contributed by atoms with Crippen LogP contribution in [0.2, 0.25) is 20.1 Å². The number of nitrogens with one attached hydrogen (secondary N) is 1. The molecule has 0 unspecified atom stereocenters. The van der Waals surface area contributed by atoms with Crippen LogP contribution in [0, 0.1) is 13.8 Å². The molecule has 23 heteroatoms. The summed E-state index contributed by atoms with van der Waals surface area (Å²) in [5.74, 6) is 0.931. The van der Waals surface area contributed by atoms with Crippen LogP contribution in [-0.2, 0) is 16.1 Å². The van der Waals surface area contributed by atoms with Crippen molar-refractivity contribution in [2.24, 2.45) is 0 Å². The number of piperazine rings is 2. The fraction of sp³-hybridized carbons (Fsp3) is 0.373. The molecular weight excluding hydrogens is 1050 g/mol. The lowest BCUT2D eigenvalue weighted by atomic mass is 10.2. The van der Waals surface area contributed by atoms with Crippen LogP contribution in [0.3, 0.4) is 0 Å². The number of hydrogen-bond acceptors (Lipinski definition) is 12. The van der Waals surface area contributed by atoms with Gasteiger partial charge in [-0.25, -0.2) is 9.97 Å². The topological polar surface area (TPSA) is 178 Å². The first-order valence-corrected chi connectivity index (χ1v) is 25.0. The number of amides is 4. The minimum absolute atomic E-state index is 0. The smallest absolute Gasteiger partial charge is 0.271 e. The van der Waals surface area contributed by atoms with Crippen molar-refractivity contribution in [1.29, 1.82) is 0 Å². The first-order valence-electron chi connectivity index (χ1n) is 23.0. The van der Waals surface area contributed by atoms with E-state index in [-0.39, 0.29) is 43.5 Å². The van der Waals surface area contributed by atoms with E-state index in [1.54, 1.807) is 88.4 Å². The Labute approximate surface area is 457 Å². The van der Waals surface area contributed by atoms with E-state index >= 15 is 0 Å². The van der Waals surface area contributed by atoms with E-state index in [4.69, 9.17) is 67.5 Å². The summed E-state index contributed by atoms with van der Waals surface area (Å²) in [5.41, 5.74) is 6.23. The molecule has 8 rings (SSSR count). The molecule has 2 aromatic carbocycles. The zero-order valence-corrected chi connectivity index (χ0v) is 45.5. The van der Waals surface area contributed by atoms with Crippen molar-refractivity contribution < 1.29 is 28.7 Å². The highest BCUT2D eigenvalue weighted by Crippen LogP contribution is 2.33. The number of carbonyl (C=O) groups is 4. The number of benzene rings is 2. The van der Waals surface area contributed by atoms with Gasteiger partial charge in [0, 0.05) is 104 Å². The van der Waals surface area contributed by atoms with Crippen molar-refractivity contribution in [3.63, 3.8) is 0 Å². The number of hydrogen-bond donors (Lipinski definition) is 1. The van der Waals surface area contributed by atoms with Crippen molar-refractivity contribution in [3.05, 3.63) is 116 Å². The highest BCUT2D eigenvalue weighted by Gasteiger charge is 2.26. The molecule has 0 spiro atoms. The molecule has 0 aliphatic carbocycles. The second-order valence-corrected chi connectivity index (χ2v) is 19.0. The average Bonchev–Trinajstić information content (AvgIpc) is 3.89. The lowest BCUT2D eigenvalue weighted by Crippen LogP contribution is -2.49. The number of aromatic nitrogens is 6. The number of anilines is 2. The van der Waals surface area contributed by atoms with Gasteiger partial charge in [0.05, 0.1) is 57.1 Å². The number of alkyl halides is 1. The third-order valence-electron chi connectivity index (χ3n) is 11.9. The molecule has 18 nitrogen and oxygen atoms in total. The Morgan fingerprint density at radius 2 is 1.07 bits per heavy atom. The average molecular weight is 1120 g/mol. The number of carbonyl (C=O) groups excluding carboxylic acids is 4. The summed E-state index contributed by atoms with van der Waals surface area (Å²) >= 11 is 30.4. The molecule has 2 aliphatic rings. The predicted octanol–water partition coefficient (Wildman–Crippen LogP) is 8.63. The quantitative estimate of drug-likeness (QED) is 0.122. The standard InChI is InChI=1S/C25H28Cl2N6O3.C13H16Cl2N2O2.C12H13ClN4O.CH4/c1-16-23(27)24(19-6-5-7-20(28-19)25(35)30(2)3)29-33(16)15-22(34)32-12-10-31(11-13-32)17-8-9-18(26)21(14-17)36-4;1-19-12-8-10(2-3-11(12)15)16-4-6-17(7-5-16)13(18)9-14;1-7-10(13)11(16-15-7)8-5-4-6-9(14-8)12(18)17(2)3;/h5-9,14H,10-13,15H2,1-4H3;2-3,8H,4-7,9H2,1H3;4-6H,1-3H3,(H,15,16);1H4. The number of rotatable bonds is 11. The highest BCUT2D eigenvalue weighted by atomic mass is 35.5. The summed E-state index contributed by atoms with van der Waals surface area (Å²) in [6, 6.07) is 21.7. The van der Waals surface area contributed by atoms with Crippen molar-refractivity contribution in [3.8, 4) is 34.3 Å². The SMILES string of the molecule is C.COc1cc(N2CCN(C(=O)CCl)CC2)ccc1Cl.COc1cc(N2CCN(C(=O)Cn3nc(-c4cccc(C(=O)N(C)C)n4)c(Cl)c3C)CC2)ccc1Cl.Cc1[nH]nc(-c2cccc(C(=O)N(C)C)n2)c1Cl. The first-order chi connectivity index (χ1) is 34.8. The van der Waals surface area contributed by atoms with E-state index in [1.165, 1.54) is 9.80 Å². The monoisotopic (exact) mass is 1110 g/mol. The van der Waals surface area contributed by atoms with Crippen molar-refractivity contribution in [2.75, 3.05) is 110 Å². The second-order valence-electron chi connectivity index (χ2n) is 17.1. The first kappa shape index (κ1) is 58.6. The highest BCUT2D eigenvalue weighted by molar-refractivity contribution is 6.34. The van der Waals surface area contributed by atoms with Crippen molar-refractivity contribution >= 4 is 93.0 Å². The molecule has 6 heterocycles. The number of nitrogens with zero attached hydrogens (tertiary/aromatic N) is 11. The molecule has 0 radical (unpaired) electrons. The largest absolute Gasteiger partial charge is 0.495 e. The summed E-state index contributed by atoms with van der Waals surface area (Å²) in [6.07, 6.45) is 0. The summed E-state index contributed by atoms with van der Waals surface area (Å²) < 4.78 is 12.1. The maximum absolute atomic E-state index is 13.1. The van der Waals surface area contributed by atoms with E-state index in [0.29, 0.717) is 111 Å². The van der Waals surface area contributed by atoms with Gasteiger partial charge in [-0.05, 0) is 62.4 Å². The molecule has 396 valence electrons. The zero-order valence-electron chi connectivity index (χ0n) is 41.8. The number of H-pyrrole nitrogens is 1. The van der Waals surface area contributed by atoms with Gasteiger partial charge in [-0.1, -0.05) is 66.0 Å². The van der Waals surface area contributed by atoms with Gasteiger partial charge in [-0.2, -0.15) is 10.2 Å². The third-order valence-corrected chi connectivity index (χ3v) is 13.7. The summed E-state index contributed by atoms with van der Waals surface area (Å²) in [7, 11) is 9.89. The molecule has 4 aromatic heterocycles. The van der Waals surface area contributed by atoms with Gasteiger partial charge in [0.2, 0.25) is 11.8 Å². The fourth-order valence-corrected chi connectivity index (χ4v) is 8.66. The normalized spacial score (nSPS) is 13.1. The Balaban J connectivity index is 0.000000225. The van der Waals surface area contributed by atoms with Gasteiger partial charge in [0.15, 0.2) is 0 Å². The van der Waals surface area contributed by atoms with Crippen molar-refractivity contribution in [2.45, 2.75) is 27.8 Å². The summed E-state index contributed by atoms with van der Waals surface area (Å²) in [6.45, 7) is 9.21. The maximum Gasteiger partial charge on any atom is 0.271 e. The number of pyridine rings is 2. The van der Waals surface area contributed by atoms with Crippen molar-refractivity contribution in [1.82, 2.24) is 49.5 Å². The van der Waals surface area contributed by atoms with Gasteiger partial charge in [0.25, 0.3) is 11.8 Å². The molecule has 0 atom stereocenters. The van der Waals surface area contributed by atoms with E-state index in [1.807, 2.05) is 55.1 Å². The van der Waals surface area contributed by atoms with Crippen LogP contribution in [0.4, 0.5) is 11.4 Å². The van der Waals surface area contributed by atoms with Gasteiger partial charge in [-0.3, -0.25) is 29.0 Å². The van der Waals surface area contributed by atoms with Gasteiger partial charge in [-0.15, -0.1) is 11.6 Å². The Morgan fingerprint density at radius 3 is 1.47 bits per heavy atom. The van der Waals surface area contributed by atoms with Crippen LogP contribution in [0.5, 0.6) is 11.5 Å². The summed E-state index contributed by atoms with van der Waals surface area (Å²) in [4.78, 5) is 68.4. The van der Waals surface area contributed by atoms with Crippen LogP contribution in [0.25, 0.3) is 22.8 Å². The van der Waals surface area contributed by atoms with E-state index in [9.17, 15) is 19.2 Å². The van der Waals surface area contributed by atoms with E-state index < -0.39 is 0 Å². The van der Waals surface area contributed by atoms with Crippen LogP contribution in [0.15, 0.2) is 72.8 Å². The van der Waals surface area contributed by atoms with Crippen LogP contribution < -0.4 is 19.3 Å². The summed E-state index contributed by atoms with van der Waals surface area (Å²) in [5, 5.41) is 13.5. The molecule has 74 heavy (non-hydrogen) atoms. The molecule has 4 amide bonds. The number of halogens is 5. The van der Waals surface area contributed by atoms with Gasteiger partial charge in [0.1, 0.15) is 46.7 Å². The number of ether oxygens (including phenoxy) is 2. The maximum atomic E-state index is 13.1. The number of aryl methyl sites for hydroxylation is 1. The predicted molar refractivity (Wildman–Crippen MR) is 294 cm³/mol.